The molecule has 0 saturated carbocycles. The van der Waals surface area contributed by atoms with Gasteiger partial charge in [-0.3, -0.25) is 9.59 Å². The normalized spacial score (nSPS) is 10.1. The maximum Gasteiger partial charge on any atom is 0.300 e. The van der Waals surface area contributed by atoms with E-state index in [1.165, 1.54) is 0 Å². The van der Waals surface area contributed by atoms with Crippen molar-refractivity contribution in [2.75, 3.05) is 14.1 Å². The second-order valence-corrected chi connectivity index (χ2v) is 5.17. The third-order valence-electron chi connectivity index (χ3n) is 2.81. The first-order valence-electron chi connectivity index (χ1n) is 6.27. The molecule has 4 heteroatoms. The van der Waals surface area contributed by atoms with Crippen molar-refractivity contribution in [3.05, 3.63) is 42.0 Å². The Morgan fingerprint density at radius 1 is 1.20 bits per heavy atom. The molecule has 0 heterocycles. The summed E-state index contributed by atoms with van der Waals surface area (Å²) >= 11 is 0. The molecule has 1 aromatic rings. The lowest BCUT2D eigenvalue weighted by Crippen LogP contribution is -2.39. The van der Waals surface area contributed by atoms with Crippen LogP contribution in [0.4, 0.5) is 0 Å². The number of aliphatic carboxylic acids is 1. The van der Waals surface area contributed by atoms with Crippen LogP contribution in [0.2, 0.25) is 0 Å². The lowest BCUT2D eigenvalue weighted by molar-refractivity contribution is -0.134. The van der Waals surface area contributed by atoms with Gasteiger partial charge >= 0.3 is 0 Å². The van der Waals surface area contributed by atoms with E-state index >= 15 is 0 Å². The highest BCUT2D eigenvalue weighted by atomic mass is 16.4. The molecule has 0 bridgehead atoms. The molecular weight excluding hydrogens is 254 g/mol. The Morgan fingerprint density at radius 2 is 1.60 bits per heavy atom. The standard InChI is InChI=1S/C14H19NO.C2H4O2/c1-6-11-7-9-12(10-8-11)14(2,3)13(16)15(4)5;1-2(3)4/h6-10H,1H2,2-5H3;1H3,(H,3,4). The molecule has 20 heavy (non-hydrogen) atoms. The topological polar surface area (TPSA) is 57.6 Å². The van der Waals surface area contributed by atoms with E-state index in [0.29, 0.717) is 0 Å². The van der Waals surface area contributed by atoms with Crippen molar-refractivity contribution in [2.24, 2.45) is 0 Å². The van der Waals surface area contributed by atoms with Crippen LogP contribution in [-0.4, -0.2) is 36.0 Å². The van der Waals surface area contributed by atoms with E-state index in [1.807, 2.05) is 38.1 Å². The predicted molar refractivity (Wildman–Crippen MR) is 81.6 cm³/mol. The molecule has 0 aliphatic rings. The summed E-state index contributed by atoms with van der Waals surface area (Å²) in [6, 6.07) is 7.93. The monoisotopic (exact) mass is 277 g/mol. The minimum Gasteiger partial charge on any atom is -0.481 e. The predicted octanol–water partition coefficient (Wildman–Crippen LogP) is 2.79. The lowest BCUT2D eigenvalue weighted by atomic mass is 9.83. The van der Waals surface area contributed by atoms with Gasteiger partial charge in [0.1, 0.15) is 0 Å². The quantitative estimate of drug-likeness (QED) is 0.924. The Labute approximate surface area is 120 Å². The average Bonchev–Trinajstić information content (AvgIpc) is 2.37. The molecule has 0 radical (unpaired) electrons. The highest BCUT2D eigenvalue weighted by Crippen LogP contribution is 2.25. The number of carbonyl (C=O) groups excluding carboxylic acids is 1. The van der Waals surface area contributed by atoms with Gasteiger partial charge < -0.3 is 10.0 Å². The van der Waals surface area contributed by atoms with Crippen LogP contribution in [0.25, 0.3) is 6.08 Å². The first-order chi connectivity index (χ1) is 9.12. The van der Waals surface area contributed by atoms with Crippen LogP contribution >= 0.6 is 0 Å². The number of benzene rings is 1. The number of likely N-dealkylation sites (N-methyl/N-ethyl adjacent to an activating group) is 1. The SMILES string of the molecule is C=Cc1ccc(C(C)(C)C(=O)N(C)C)cc1.CC(=O)O. The Hall–Kier alpha value is -2.10. The summed E-state index contributed by atoms with van der Waals surface area (Å²) in [7, 11) is 3.56. The second-order valence-electron chi connectivity index (χ2n) is 5.17. The largest absolute Gasteiger partial charge is 0.481 e. The van der Waals surface area contributed by atoms with E-state index in [1.54, 1.807) is 25.1 Å². The number of carboxylic acid groups (broad SMARTS) is 1. The molecule has 1 amide bonds. The first kappa shape index (κ1) is 17.9. The van der Waals surface area contributed by atoms with Crippen LogP contribution in [0.3, 0.4) is 0 Å². The summed E-state index contributed by atoms with van der Waals surface area (Å²) in [5.74, 6) is -0.723. The lowest BCUT2D eigenvalue weighted by Gasteiger charge is -2.27. The Balaban J connectivity index is 0.000000796. The van der Waals surface area contributed by atoms with E-state index in [0.717, 1.165) is 18.1 Å². The fraction of sp³-hybridized carbons (Fsp3) is 0.375. The van der Waals surface area contributed by atoms with E-state index in [-0.39, 0.29) is 5.91 Å². The minimum absolute atomic E-state index is 0.110. The van der Waals surface area contributed by atoms with E-state index < -0.39 is 11.4 Å². The molecule has 0 aromatic heterocycles. The summed E-state index contributed by atoms with van der Waals surface area (Å²) in [4.78, 5) is 22.7. The smallest absolute Gasteiger partial charge is 0.300 e. The molecule has 0 saturated heterocycles. The van der Waals surface area contributed by atoms with Crippen LogP contribution in [-0.2, 0) is 15.0 Å². The third-order valence-corrected chi connectivity index (χ3v) is 2.81. The van der Waals surface area contributed by atoms with Crippen molar-refractivity contribution in [1.82, 2.24) is 4.90 Å². The molecule has 110 valence electrons. The van der Waals surface area contributed by atoms with Crippen LogP contribution in [0.1, 0.15) is 31.9 Å². The molecule has 1 rings (SSSR count). The van der Waals surface area contributed by atoms with Gasteiger partial charge in [-0.15, -0.1) is 0 Å². The molecule has 0 spiro atoms. The summed E-state index contributed by atoms with van der Waals surface area (Å²) in [6.45, 7) is 8.68. The van der Waals surface area contributed by atoms with Gasteiger partial charge in [-0.05, 0) is 25.0 Å². The molecule has 0 aliphatic heterocycles. The maximum atomic E-state index is 12.0. The number of amides is 1. The first-order valence-corrected chi connectivity index (χ1v) is 6.27. The molecule has 1 N–H and O–H groups in total. The number of carbonyl (C=O) groups is 2. The fourth-order valence-corrected chi connectivity index (χ4v) is 1.72. The number of hydrogen-bond donors (Lipinski definition) is 1. The molecule has 1 aromatic carbocycles. The van der Waals surface area contributed by atoms with Crippen molar-refractivity contribution in [2.45, 2.75) is 26.2 Å². The van der Waals surface area contributed by atoms with Gasteiger partial charge in [0.05, 0.1) is 5.41 Å². The van der Waals surface area contributed by atoms with Gasteiger partial charge in [0.15, 0.2) is 0 Å². The zero-order valence-electron chi connectivity index (χ0n) is 12.8. The van der Waals surface area contributed by atoms with Crippen molar-refractivity contribution in [3.63, 3.8) is 0 Å². The van der Waals surface area contributed by atoms with E-state index in [2.05, 4.69) is 6.58 Å². The number of hydrogen-bond acceptors (Lipinski definition) is 2. The summed E-state index contributed by atoms with van der Waals surface area (Å²) in [5.41, 5.74) is 1.61. The molecule has 4 nitrogen and oxygen atoms in total. The van der Waals surface area contributed by atoms with Crippen LogP contribution in [0.15, 0.2) is 30.8 Å². The van der Waals surface area contributed by atoms with Crippen molar-refractivity contribution >= 4 is 18.0 Å². The van der Waals surface area contributed by atoms with E-state index in [9.17, 15) is 4.79 Å². The van der Waals surface area contributed by atoms with Gasteiger partial charge in [0.2, 0.25) is 5.91 Å². The van der Waals surface area contributed by atoms with Crippen LogP contribution in [0.5, 0.6) is 0 Å². The van der Waals surface area contributed by atoms with Crippen LogP contribution < -0.4 is 0 Å². The summed E-state index contributed by atoms with van der Waals surface area (Å²) in [6.07, 6.45) is 1.80. The highest BCUT2D eigenvalue weighted by Gasteiger charge is 2.30. The summed E-state index contributed by atoms with van der Waals surface area (Å²) < 4.78 is 0. The number of rotatable bonds is 3. The molecular formula is C16H23NO3. The third kappa shape index (κ3) is 5.26. The van der Waals surface area contributed by atoms with Crippen molar-refractivity contribution in [1.29, 1.82) is 0 Å². The van der Waals surface area contributed by atoms with Gasteiger partial charge in [-0.1, -0.05) is 36.9 Å². The van der Waals surface area contributed by atoms with Crippen LogP contribution in [0, 0.1) is 0 Å². The molecule has 0 atom stereocenters. The van der Waals surface area contributed by atoms with Gasteiger partial charge in [0.25, 0.3) is 5.97 Å². The number of nitrogens with zero attached hydrogens (tertiary/aromatic N) is 1. The second kappa shape index (κ2) is 7.48. The minimum atomic E-state index is -0.833. The molecule has 0 unspecified atom stereocenters. The Morgan fingerprint density at radius 3 is 1.90 bits per heavy atom. The Kier molecular flexibility index (Phi) is 6.69. The highest BCUT2D eigenvalue weighted by molar-refractivity contribution is 5.87. The average molecular weight is 277 g/mol. The molecule has 0 aliphatic carbocycles. The van der Waals surface area contributed by atoms with E-state index in [4.69, 9.17) is 9.90 Å². The zero-order valence-corrected chi connectivity index (χ0v) is 12.8. The Bertz CT molecular complexity index is 469. The number of carboxylic acids is 1. The summed E-state index contributed by atoms with van der Waals surface area (Å²) in [5, 5.41) is 7.42. The zero-order chi connectivity index (χ0) is 15.9. The molecule has 0 fully saturated rings. The van der Waals surface area contributed by atoms with Crippen molar-refractivity contribution < 1.29 is 14.7 Å². The van der Waals surface area contributed by atoms with Gasteiger partial charge in [-0.2, -0.15) is 0 Å². The van der Waals surface area contributed by atoms with Crippen molar-refractivity contribution in [3.8, 4) is 0 Å². The fourth-order valence-electron chi connectivity index (χ4n) is 1.72. The maximum absolute atomic E-state index is 12.0. The van der Waals surface area contributed by atoms with Gasteiger partial charge in [-0.25, -0.2) is 0 Å². The van der Waals surface area contributed by atoms with Gasteiger partial charge in [0, 0.05) is 21.0 Å².